The van der Waals surface area contributed by atoms with Gasteiger partial charge in [-0.15, -0.1) is 12.4 Å². The summed E-state index contributed by atoms with van der Waals surface area (Å²) in [5.41, 5.74) is 8.49. The summed E-state index contributed by atoms with van der Waals surface area (Å²) in [6.45, 7) is 2.61. The van der Waals surface area contributed by atoms with E-state index in [1.165, 1.54) is 5.56 Å². The van der Waals surface area contributed by atoms with E-state index in [1.807, 2.05) is 18.2 Å². The minimum Gasteiger partial charge on any atom is -0.384 e. The number of anilines is 1. The third kappa shape index (κ3) is 8.06. The van der Waals surface area contributed by atoms with Crippen molar-refractivity contribution < 1.29 is 9.59 Å². The number of aromatic amines is 1. The quantitative estimate of drug-likeness (QED) is 0.176. The van der Waals surface area contributed by atoms with Crippen molar-refractivity contribution in [3.05, 3.63) is 83.7 Å². The number of hydrogen-bond donors (Lipinski definition) is 6. The van der Waals surface area contributed by atoms with E-state index in [0.717, 1.165) is 32.5 Å². The van der Waals surface area contributed by atoms with Crippen LogP contribution in [-0.2, 0) is 16.1 Å². The highest BCUT2D eigenvalue weighted by Gasteiger charge is 2.25. The van der Waals surface area contributed by atoms with E-state index in [0.29, 0.717) is 16.9 Å². The number of rotatable bonds is 10. The van der Waals surface area contributed by atoms with Crippen LogP contribution in [0.25, 0.3) is 0 Å². The molecular formula is C26H33ClN8O2. The van der Waals surface area contributed by atoms with Crippen molar-refractivity contribution >= 4 is 35.7 Å². The number of likely N-dealkylation sites (tertiary alicyclic amines) is 1. The van der Waals surface area contributed by atoms with E-state index in [9.17, 15) is 9.59 Å². The second kappa shape index (κ2) is 13.4. The minimum atomic E-state index is -0.826. The lowest BCUT2D eigenvalue weighted by Gasteiger charge is -2.32. The molecule has 1 fully saturated rings. The summed E-state index contributed by atoms with van der Waals surface area (Å²) in [6, 6.07) is 18.2. The van der Waals surface area contributed by atoms with Crippen molar-refractivity contribution in [1.29, 1.82) is 5.41 Å². The summed E-state index contributed by atoms with van der Waals surface area (Å²) >= 11 is 0. The zero-order valence-electron chi connectivity index (χ0n) is 20.4. The van der Waals surface area contributed by atoms with Gasteiger partial charge in [0.25, 0.3) is 0 Å². The molecule has 0 radical (unpaired) electrons. The molecule has 37 heavy (non-hydrogen) atoms. The second-order valence-electron chi connectivity index (χ2n) is 8.89. The molecule has 7 N–H and O–H groups in total. The van der Waals surface area contributed by atoms with Crippen LogP contribution in [0.1, 0.15) is 35.7 Å². The van der Waals surface area contributed by atoms with Gasteiger partial charge in [-0.2, -0.15) is 5.10 Å². The number of carbonyl (C=O) groups excluding carboxylic acids is 2. The molecule has 0 bridgehead atoms. The Morgan fingerprint density at radius 2 is 1.86 bits per heavy atom. The van der Waals surface area contributed by atoms with E-state index in [-0.39, 0.29) is 42.6 Å². The van der Waals surface area contributed by atoms with Crippen LogP contribution in [0, 0.1) is 5.41 Å². The van der Waals surface area contributed by atoms with Gasteiger partial charge in [0, 0.05) is 43.1 Å². The Bertz CT molecular complexity index is 1160. The molecule has 0 spiro atoms. The SMILES string of the molecule is Cl.N=C(N)c1cccc(NC(C(=O)NCC(=O)NC2CCN(Cc3ccccc3)CC2)c2cc[nH]n2)c1. The molecule has 2 amide bonds. The van der Waals surface area contributed by atoms with Crippen molar-refractivity contribution in [1.82, 2.24) is 25.7 Å². The number of nitrogens with zero attached hydrogens (tertiary/aromatic N) is 2. The van der Waals surface area contributed by atoms with E-state index in [2.05, 4.69) is 43.2 Å². The second-order valence-corrected chi connectivity index (χ2v) is 8.89. The molecule has 1 aromatic heterocycles. The van der Waals surface area contributed by atoms with Gasteiger partial charge in [0.05, 0.1) is 12.2 Å². The Morgan fingerprint density at radius 3 is 2.54 bits per heavy atom. The zero-order chi connectivity index (χ0) is 25.3. The van der Waals surface area contributed by atoms with Gasteiger partial charge in [-0.25, -0.2) is 0 Å². The number of amides is 2. The van der Waals surface area contributed by atoms with Gasteiger partial charge in [-0.05, 0) is 36.6 Å². The van der Waals surface area contributed by atoms with Gasteiger partial charge in [-0.3, -0.25) is 25.0 Å². The summed E-state index contributed by atoms with van der Waals surface area (Å²) < 4.78 is 0. The van der Waals surface area contributed by atoms with Crippen LogP contribution in [0.3, 0.4) is 0 Å². The number of nitrogen functional groups attached to an aromatic ring is 1. The highest BCUT2D eigenvalue weighted by atomic mass is 35.5. The maximum Gasteiger partial charge on any atom is 0.249 e. The summed E-state index contributed by atoms with van der Waals surface area (Å²) in [6.07, 6.45) is 3.37. The highest BCUT2D eigenvalue weighted by Crippen LogP contribution is 2.19. The fraction of sp³-hybridized carbons (Fsp3) is 0.308. The molecule has 1 atom stereocenters. The number of H-pyrrole nitrogens is 1. The van der Waals surface area contributed by atoms with Crippen molar-refractivity contribution in [2.24, 2.45) is 5.73 Å². The molecule has 3 aromatic rings. The van der Waals surface area contributed by atoms with E-state index >= 15 is 0 Å². The zero-order valence-corrected chi connectivity index (χ0v) is 21.3. The molecule has 0 aliphatic carbocycles. The number of carbonyl (C=O) groups is 2. The lowest BCUT2D eigenvalue weighted by Crippen LogP contribution is -2.48. The van der Waals surface area contributed by atoms with Crippen LogP contribution in [0.4, 0.5) is 5.69 Å². The Hall–Kier alpha value is -3.89. The van der Waals surface area contributed by atoms with Gasteiger partial charge in [0.1, 0.15) is 5.84 Å². The van der Waals surface area contributed by atoms with Crippen LogP contribution in [0.5, 0.6) is 0 Å². The number of benzene rings is 2. The number of nitrogens with one attached hydrogen (secondary N) is 5. The number of hydrogen-bond acceptors (Lipinski definition) is 6. The lowest BCUT2D eigenvalue weighted by molar-refractivity contribution is -0.127. The maximum absolute atomic E-state index is 13.0. The first-order chi connectivity index (χ1) is 17.5. The molecule has 2 aromatic carbocycles. The molecular weight excluding hydrogens is 492 g/mol. The van der Waals surface area contributed by atoms with Crippen LogP contribution in [-0.4, -0.2) is 58.4 Å². The van der Waals surface area contributed by atoms with Crippen LogP contribution in [0.15, 0.2) is 66.9 Å². The summed E-state index contributed by atoms with van der Waals surface area (Å²) in [4.78, 5) is 27.9. The maximum atomic E-state index is 13.0. The summed E-state index contributed by atoms with van der Waals surface area (Å²) in [7, 11) is 0. The standard InChI is InChI=1S/C26H32N8O2.ClH/c27-25(28)19-7-4-8-21(15-19)32-24(22-9-12-30-33-22)26(36)29-16-23(35)31-20-10-13-34(14-11-20)17-18-5-2-1-3-6-18;/h1-9,12,15,20,24,32H,10-11,13-14,16-17H2,(H3,27,28)(H,29,36)(H,30,33)(H,31,35);1H. The van der Waals surface area contributed by atoms with Crippen molar-refractivity contribution in [3.63, 3.8) is 0 Å². The predicted molar refractivity (Wildman–Crippen MR) is 146 cm³/mol. The van der Waals surface area contributed by atoms with Crippen LogP contribution in [0.2, 0.25) is 0 Å². The molecule has 1 aliphatic heterocycles. The molecule has 1 unspecified atom stereocenters. The monoisotopic (exact) mass is 524 g/mol. The average molecular weight is 525 g/mol. The first kappa shape index (κ1) is 27.7. The fourth-order valence-corrected chi connectivity index (χ4v) is 4.27. The molecule has 1 saturated heterocycles. The van der Waals surface area contributed by atoms with E-state index in [4.69, 9.17) is 11.1 Å². The Kier molecular flexibility index (Phi) is 10.0. The lowest BCUT2D eigenvalue weighted by atomic mass is 10.0. The number of halogens is 1. The summed E-state index contributed by atoms with van der Waals surface area (Å²) in [5.74, 6) is -0.672. The topological polar surface area (TPSA) is 152 Å². The Labute approximate surface area is 222 Å². The summed E-state index contributed by atoms with van der Waals surface area (Å²) in [5, 5.41) is 23.3. The largest absolute Gasteiger partial charge is 0.384 e. The molecule has 1 aliphatic rings. The van der Waals surface area contributed by atoms with Crippen LogP contribution >= 0.6 is 12.4 Å². The first-order valence-corrected chi connectivity index (χ1v) is 12.0. The van der Waals surface area contributed by atoms with Crippen molar-refractivity contribution in [3.8, 4) is 0 Å². The van der Waals surface area contributed by atoms with Crippen LogP contribution < -0.4 is 21.7 Å². The van der Waals surface area contributed by atoms with Gasteiger partial charge in [-0.1, -0.05) is 42.5 Å². The highest BCUT2D eigenvalue weighted by molar-refractivity contribution is 5.96. The third-order valence-electron chi connectivity index (χ3n) is 6.19. The number of amidine groups is 1. The first-order valence-electron chi connectivity index (χ1n) is 12.0. The molecule has 10 nitrogen and oxygen atoms in total. The Balaban J connectivity index is 0.00000380. The normalized spacial score (nSPS) is 14.7. The third-order valence-corrected chi connectivity index (χ3v) is 6.19. The molecule has 11 heteroatoms. The number of nitrogens with two attached hydrogens (primary N) is 1. The van der Waals surface area contributed by atoms with E-state index < -0.39 is 6.04 Å². The molecule has 4 rings (SSSR count). The molecule has 2 heterocycles. The predicted octanol–water partition coefficient (Wildman–Crippen LogP) is 2.17. The fourth-order valence-electron chi connectivity index (χ4n) is 4.27. The Morgan fingerprint density at radius 1 is 1.11 bits per heavy atom. The minimum absolute atomic E-state index is 0. The van der Waals surface area contributed by atoms with Crippen molar-refractivity contribution in [2.45, 2.75) is 31.5 Å². The molecule has 196 valence electrons. The smallest absolute Gasteiger partial charge is 0.249 e. The van der Waals surface area contributed by atoms with Crippen molar-refractivity contribution in [2.75, 3.05) is 25.0 Å². The van der Waals surface area contributed by atoms with Gasteiger partial charge in [0.15, 0.2) is 6.04 Å². The van der Waals surface area contributed by atoms with Gasteiger partial charge < -0.3 is 21.7 Å². The number of aromatic nitrogens is 2. The van der Waals surface area contributed by atoms with Gasteiger partial charge >= 0.3 is 0 Å². The molecule has 0 saturated carbocycles. The van der Waals surface area contributed by atoms with E-state index in [1.54, 1.807) is 36.5 Å². The average Bonchev–Trinajstić information content (AvgIpc) is 3.42. The number of piperidine rings is 1. The van der Waals surface area contributed by atoms with Gasteiger partial charge in [0.2, 0.25) is 11.8 Å².